The molecule has 0 N–H and O–H groups in total. The second-order valence-corrected chi connectivity index (χ2v) is 11.8. The molecule has 0 spiro atoms. The number of rotatable bonds is 4. The zero-order chi connectivity index (χ0) is 25.7. The van der Waals surface area contributed by atoms with Crippen molar-refractivity contribution >= 4 is 54.2 Å². The SMILES string of the molecule is CN1C2=C(C(=O)CCC2)C(c2cc(Br)cc(Br)c2OCc2cccc3ccccc23)C2=C1CCCC2=O. The third-order valence-electron chi connectivity index (χ3n) is 7.84. The number of benzene rings is 3. The molecular formula is C31H27Br2NO3. The lowest BCUT2D eigenvalue weighted by Crippen LogP contribution is -2.37. The van der Waals surface area contributed by atoms with Crippen LogP contribution in [0.15, 0.2) is 86.1 Å². The number of fused-ring (bicyclic) bond motifs is 1. The molecule has 0 saturated carbocycles. The Balaban J connectivity index is 1.50. The van der Waals surface area contributed by atoms with E-state index in [-0.39, 0.29) is 11.6 Å². The zero-order valence-electron chi connectivity index (χ0n) is 20.7. The number of Topliss-reactive ketones (excluding diaryl/α,β-unsaturated/α-hetero) is 2. The van der Waals surface area contributed by atoms with Crippen LogP contribution in [0.2, 0.25) is 0 Å². The third kappa shape index (κ3) is 4.28. The first-order valence-electron chi connectivity index (χ1n) is 12.8. The van der Waals surface area contributed by atoms with Crippen LogP contribution in [0.25, 0.3) is 10.8 Å². The molecule has 1 aliphatic heterocycles. The second-order valence-electron chi connectivity index (χ2n) is 10.00. The average Bonchev–Trinajstić information content (AvgIpc) is 2.89. The van der Waals surface area contributed by atoms with Crippen molar-refractivity contribution < 1.29 is 14.3 Å². The molecule has 4 nitrogen and oxygen atoms in total. The van der Waals surface area contributed by atoms with Gasteiger partial charge in [0.15, 0.2) is 11.6 Å². The van der Waals surface area contributed by atoms with Gasteiger partial charge in [-0.3, -0.25) is 9.59 Å². The van der Waals surface area contributed by atoms with Crippen LogP contribution in [0, 0.1) is 0 Å². The number of halogens is 2. The van der Waals surface area contributed by atoms with Crippen molar-refractivity contribution in [1.82, 2.24) is 4.90 Å². The summed E-state index contributed by atoms with van der Waals surface area (Å²) in [6.07, 6.45) is 4.42. The molecule has 3 aliphatic rings. The molecule has 37 heavy (non-hydrogen) atoms. The van der Waals surface area contributed by atoms with Crippen molar-refractivity contribution in [3.63, 3.8) is 0 Å². The predicted molar refractivity (Wildman–Crippen MR) is 152 cm³/mol. The van der Waals surface area contributed by atoms with Gasteiger partial charge >= 0.3 is 0 Å². The first-order chi connectivity index (χ1) is 17.9. The van der Waals surface area contributed by atoms with E-state index in [1.165, 1.54) is 5.39 Å². The number of nitrogens with zero attached hydrogens (tertiary/aromatic N) is 1. The molecule has 6 rings (SSSR count). The van der Waals surface area contributed by atoms with Crippen LogP contribution in [0.1, 0.15) is 55.6 Å². The van der Waals surface area contributed by atoms with Gasteiger partial charge in [-0.2, -0.15) is 0 Å². The van der Waals surface area contributed by atoms with Crippen molar-refractivity contribution in [1.29, 1.82) is 0 Å². The van der Waals surface area contributed by atoms with Gasteiger partial charge in [0.1, 0.15) is 12.4 Å². The molecule has 3 aromatic carbocycles. The van der Waals surface area contributed by atoms with E-state index < -0.39 is 5.92 Å². The number of hydrogen-bond acceptors (Lipinski definition) is 4. The second kappa shape index (κ2) is 9.88. The Hall–Kier alpha value is -2.70. The standard InChI is InChI=1S/C31H27Br2NO3/c1-34-24-11-5-13-26(35)29(24)28(30-25(34)12-6-14-27(30)36)22-15-20(32)16-23(33)31(22)37-17-19-9-4-8-18-7-2-3-10-21(18)19/h2-4,7-10,15-16,28H,5-6,11-14,17H2,1H3. The summed E-state index contributed by atoms with van der Waals surface area (Å²) in [4.78, 5) is 29.1. The Bertz CT molecular complexity index is 1470. The van der Waals surface area contributed by atoms with E-state index in [1.54, 1.807) is 0 Å². The van der Waals surface area contributed by atoms with Crippen LogP contribution in [-0.4, -0.2) is 23.5 Å². The average molecular weight is 621 g/mol. The highest BCUT2D eigenvalue weighted by atomic mass is 79.9. The van der Waals surface area contributed by atoms with E-state index >= 15 is 0 Å². The Labute approximate surface area is 233 Å². The third-order valence-corrected chi connectivity index (χ3v) is 8.89. The van der Waals surface area contributed by atoms with Crippen LogP contribution in [0.5, 0.6) is 5.75 Å². The zero-order valence-corrected chi connectivity index (χ0v) is 23.8. The number of carbonyl (C=O) groups excluding carboxylic acids is 2. The van der Waals surface area contributed by atoms with Gasteiger partial charge in [-0.1, -0.05) is 58.4 Å². The van der Waals surface area contributed by atoms with Gasteiger partial charge in [0.25, 0.3) is 0 Å². The maximum absolute atomic E-state index is 13.5. The van der Waals surface area contributed by atoms with Gasteiger partial charge in [-0.25, -0.2) is 0 Å². The van der Waals surface area contributed by atoms with Crippen LogP contribution < -0.4 is 4.74 Å². The molecule has 0 fully saturated rings. The monoisotopic (exact) mass is 619 g/mol. The van der Waals surface area contributed by atoms with Crippen molar-refractivity contribution in [2.75, 3.05) is 7.05 Å². The lowest BCUT2D eigenvalue weighted by molar-refractivity contribution is -0.117. The molecule has 0 saturated heterocycles. The number of ether oxygens (including phenoxy) is 1. The summed E-state index contributed by atoms with van der Waals surface area (Å²) in [5.41, 5.74) is 5.60. The number of carbonyl (C=O) groups is 2. The first-order valence-corrected chi connectivity index (χ1v) is 14.4. The summed E-state index contributed by atoms with van der Waals surface area (Å²) in [5.74, 6) is 0.539. The van der Waals surface area contributed by atoms with E-state index in [0.717, 1.165) is 73.7 Å². The smallest absolute Gasteiger partial charge is 0.161 e. The molecule has 0 aromatic heterocycles. The summed E-state index contributed by atoms with van der Waals surface area (Å²) in [6, 6.07) is 18.5. The lowest BCUT2D eigenvalue weighted by Gasteiger charge is -2.42. The van der Waals surface area contributed by atoms with Crippen LogP contribution >= 0.6 is 31.9 Å². The van der Waals surface area contributed by atoms with Gasteiger partial charge in [0.2, 0.25) is 0 Å². The van der Waals surface area contributed by atoms with E-state index in [0.29, 0.717) is 25.2 Å². The highest BCUT2D eigenvalue weighted by molar-refractivity contribution is 9.11. The molecule has 0 bridgehead atoms. The lowest BCUT2D eigenvalue weighted by atomic mass is 9.71. The summed E-state index contributed by atoms with van der Waals surface area (Å²) in [5, 5.41) is 2.32. The van der Waals surface area contributed by atoms with Crippen molar-refractivity contribution in [3.05, 3.63) is 97.2 Å². The minimum Gasteiger partial charge on any atom is -0.487 e. The Kier molecular flexibility index (Phi) is 6.58. The van der Waals surface area contributed by atoms with Gasteiger partial charge in [-0.05, 0) is 70.1 Å². The summed E-state index contributed by atoms with van der Waals surface area (Å²) < 4.78 is 8.25. The normalized spacial score (nSPS) is 18.4. The van der Waals surface area contributed by atoms with E-state index in [1.807, 2.05) is 37.4 Å². The molecular weight excluding hydrogens is 594 g/mol. The van der Waals surface area contributed by atoms with E-state index in [4.69, 9.17) is 4.74 Å². The van der Waals surface area contributed by atoms with Crippen molar-refractivity contribution in [2.24, 2.45) is 0 Å². The largest absolute Gasteiger partial charge is 0.487 e. The minimum atomic E-state index is -0.418. The highest BCUT2D eigenvalue weighted by Crippen LogP contribution is 2.52. The topological polar surface area (TPSA) is 46.6 Å². The van der Waals surface area contributed by atoms with Crippen LogP contribution in [0.4, 0.5) is 0 Å². The molecule has 0 atom stereocenters. The molecule has 3 aromatic rings. The highest BCUT2D eigenvalue weighted by Gasteiger charge is 2.43. The number of ketones is 2. The molecule has 0 radical (unpaired) electrons. The van der Waals surface area contributed by atoms with Gasteiger partial charge in [0.05, 0.1) is 4.47 Å². The molecule has 188 valence electrons. The van der Waals surface area contributed by atoms with Gasteiger partial charge < -0.3 is 9.64 Å². The van der Waals surface area contributed by atoms with E-state index in [9.17, 15) is 9.59 Å². The van der Waals surface area contributed by atoms with Crippen LogP contribution in [0.3, 0.4) is 0 Å². The Morgan fingerprint density at radius 3 is 2.22 bits per heavy atom. The maximum Gasteiger partial charge on any atom is 0.161 e. The van der Waals surface area contributed by atoms with Gasteiger partial charge in [-0.15, -0.1) is 0 Å². The fourth-order valence-electron chi connectivity index (χ4n) is 6.18. The summed E-state index contributed by atoms with van der Waals surface area (Å²) in [6.45, 7) is 0.376. The first kappa shape index (κ1) is 24.6. The number of allylic oxidation sites excluding steroid dienone is 4. The molecule has 6 heteroatoms. The maximum atomic E-state index is 13.5. The fourth-order valence-corrected chi connectivity index (χ4v) is 7.55. The minimum absolute atomic E-state index is 0.138. The predicted octanol–water partition coefficient (Wildman–Crippen LogP) is 7.99. The van der Waals surface area contributed by atoms with E-state index in [2.05, 4.69) is 61.0 Å². The Morgan fingerprint density at radius 1 is 0.865 bits per heavy atom. The van der Waals surface area contributed by atoms with Crippen molar-refractivity contribution in [3.8, 4) is 5.75 Å². The Morgan fingerprint density at radius 2 is 1.51 bits per heavy atom. The summed E-state index contributed by atoms with van der Waals surface area (Å²) >= 11 is 7.40. The number of hydrogen-bond donors (Lipinski definition) is 0. The molecule has 1 heterocycles. The molecule has 2 aliphatic carbocycles. The summed E-state index contributed by atoms with van der Waals surface area (Å²) in [7, 11) is 2.02. The quantitative estimate of drug-likeness (QED) is 0.297. The van der Waals surface area contributed by atoms with Crippen LogP contribution in [-0.2, 0) is 16.2 Å². The fraction of sp³-hybridized carbons (Fsp3) is 0.290. The molecule has 0 unspecified atom stereocenters. The molecule has 0 amide bonds. The van der Waals surface area contributed by atoms with Gasteiger partial charge in [0, 0.05) is 58.4 Å². The van der Waals surface area contributed by atoms with Crippen molar-refractivity contribution in [2.45, 2.75) is 51.0 Å².